The van der Waals surface area contributed by atoms with Crippen LogP contribution in [0.5, 0.6) is 0 Å². The van der Waals surface area contributed by atoms with Gasteiger partial charge in [-0.05, 0) is 11.5 Å². The first-order valence-corrected chi connectivity index (χ1v) is 5.98. The molecule has 4 nitrogen and oxygen atoms in total. The Morgan fingerprint density at radius 3 is 2.44 bits per heavy atom. The summed E-state index contributed by atoms with van der Waals surface area (Å²) in [6, 6.07) is 9.12. The molecule has 0 aromatic heterocycles. The van der Waals surface area contributed by atoms with Gasteiger partial charge in [0.05, 0.1) is 0 Å². The number of Topliss-reactive ketones (excluding diaryl/α,β-unsaturated/α-hetero) is 1. The van der Waals surface area contributed by atoms with Crippen LogP contribution in [0.25, 0.3) is 0 Å². The van der Waals surface area contributed by atoms with Crippen LogP contribution in [0.3, 0.4) is 0 Å². The van der Waals surface area contributed by atoms with Gasteiger partial charge in [0, 0.05) is 6.42 Å². The molecule has 1 aromatic carbocycles. The molecule has 0 saturated carbocycles. The number of carbonyl (C=O) groups is 2. The minimum Gasteiger partial charge on any atom is -0.479 e. The van der Waals surface area contributed by atoms with E-state index in [4.69, 9.17) is 9.84 Å². The van der Waals surface area contributed by atoms with Crippen LogP contribution in [0.15, 0.2) is 30.3 Å². The Bertz CT molecular complexity index is 466. The van der Waals surface area contributed by atoms with E-state index in [2.05, 4.69) is 0 Å². The summed E-state index contributed by atoms with van der Waals surface area (Å²) in [5.74, 6) is -1.35. The molecule has 96 valence electrons. The van der Waals surface area contributed by atoms with E-state index in [1.807, 2.05) is 44.2 Å². The third-order valence-electron chi connectivity index (χ3n) is 3.40. The van der Waals surface area contributed by atoms with Gasteiger partial charge in [0.15, 0.2) is 17.5 Å². The summed E-state index contributed by atoms with van der Waals surface area (Å²) in [5.41, 5.74) is -0.390. The summed E-state index contributed by atoms with van der Waals surface area (Å²) in [7, 11) is 0. The molecule has 0 aliphatic carbocycles. The molecule has 1 saturated heterocycles. The van der Waals surface area contributed by atoms with Crippen molar-refractivity contribution in [1.29, 1.82) is 0 Å². The third-order valence-corrected chi connectivity index (χ3v) is 3.40. The lowest BCUT2D eigenvalue weighted by Crippen LogP contribution is -2.39. The van der Waals surface area contributed by atoms with Gasteiger partial charge in [-0.3, -0.25) is 4.79 Å². The van der Waals surface area contributed by atoms with E-state index in [0.29, 0.717) is 0 Å². The van der Waals surface area contributed by atoms with Crippen molar-refractivity contribution in [1.82, 2.24) is 0 Å². The van der Waals surface area contributed by atoms with Crippen LogP contribution in [0.2, 0.25) is 0 Å². The van der Waals surface area contributed by atoms with E-state index in [-0.39, 0.29) is 18.1 Å². The number of aliphatic carboxylic acids is 1. The summed E-state index contributed by atoms with van der Waals surface area (Å²) < 4.78 is 5.62. The average molecular weight is 248 g/mol. The molecule has 2 rings (SSSR count). The molecular weight excluding hydrogens is 232 g/mol. The van der Waals surface area contributed by atoms with Crippen LogP contribution in [-0.4, -0.2) is 23.0 Å². The van der Waals surface area contributed by atoms with E-state index >= 15 is 0 Å². The number of rotatable bonds is 3. The Morgan fingerprint density at radius 1 is 1.39 bits per heavy atom. The lowest BCUT2D eigenvalue weighted by molar-refractivity contribution is -0.160. The van der Waals surface area contributed by atoms with Crippen LogP contribution in [0.4, 0.5) is 0 Å². The second-order valence-corrected chi connectivity index (χ2v) is 4.83. The van der Waals surface area contributed by atoms with Crippen molar-refractivity contribution in [2.24, 2.45) is 5.92 Å². The van der Waals surface area contributed by atoms with Crippen molar-refractivity contribution in [3.63, 3.8) is 0 Å². The molecule has 1 N–H and O–H groups in total. The fourth-order valence-electron chi connectivity index (χ4n) is 2.50. The van der Waals surface area contributed by atoms with E-state index in [1.165, 1.54) is 0 Å². The smallest absolute Gasteiger partial charge is 0.333 e. The van der Waals surface area contributed by atoms with E-state index < -0.39 is 17.7 Å². The standard InChI is InChI=1S/C14H16O4/c1-9(2)14(10-6-4-3-5-7-10)12(15)8-11(18-14)13(16)17/h3-7,9,11H,8H2,1-2H3,(H,16,17). The van der Waals surface area contributed by atoms with Crippen molar-refractivity contribution in [3.8, 4) is 0 Å². The van der Waals surface area contributed by atoms with Gasteiger partial charge in [0.2, 0.25) is 0 Å². The normalized spacial score (nSPS) is 27.7. The summed E-state index contributed by atoms with van der Waals surface area (Å²) in [6.45, 7) is 3.74. The third kappa shape index (κ3) is 1.82. The maximum atomic E-state index is 12.3. The van der Waals surface area contributed by atoms with Gasteiger partial charge in [0.25, 0.3) is 0 Å². The summed E-state index contributed by atoms with van der Waals surface area (Å²) in [4.78, 5) is 23.3. The van der Waals surface area contributed by atoms with Gasteiger partial charge in [-0.25, -0.2) is 4.79 Å². The number of hydrogen-bond acceptors (Lipinski definition) is 3. The zero-order valence-electron chi connectivity index (χ0n) is 10.4. The highest BCUT2D eigenvalue weighted by atomic mass is 16.5. The number of ketones is 1. The first-order chi connectivity index (χ1) is 8.48. The van der Waals surface area contributed by atoms with E-state index in [1.54, 1.807) is 0 Å². The highest BCUT2D eigenvalue weighted by Crippen LogP contribution is 2.42. The van der Waals surface area contributed by atoms with Crippen LogP contribution in [-0.2, 0) is 19.9 Å². The monoisotopic (exact) mass is 248 g/mol. The fraction of sp³-hybridized carbons (Fsp3) is 0.429. The number of carboxylic acid groups (broad SMARTS) is 1. The van der Waals surface area contributed by atoms with Gasteiger partial charge < -0.3 is 9.84 Å². The predicted molar refractivity (Wildman–Crippen MR) is 65.1 cm³/mol. The second kappa shape index (κ2) is 4.53. The second-order valence-electron chi connectivity index (χ2n) is 4.83. The van der Waals surface area contributed by atoms with Crippen LogP contribution in [0, 0.1) is 5.92 Å². The van der Waals surface area contributed by atoms with Gasteiger partial charge in [0.1, 0.15) is 0 Å². The Labute approximate surface area is 106 Å². The molecule has 1 fully saturated rings. The minimum atomic E-state index is -1.12. The molecule has 4 heteroatoms. The summed E-state index contributed by atoms with van der Waals surface area (Å²) in [6.07, 6.45) is -1.11. The SMILES string of the molecule is CC(C)C1(c2ccccc2)OC(C(=O)O)CC1=O. The summed E-state index contributed by atoms with van der Waals surface area (Å²) in [5, 5.41) is 9.01. The van der Waals surface area contributed by atoms with Crippen molar-refractivity contribution in [2.75, 3.05) is 0 Å². The minimum absolute atomic E-state index is 0.0671. The zero-order valence-corrected chi connectivity index (χ0v) is 10.4. The highest BCUT2D eigenvalue weighted by molar-refractivity contribution is 5.95. The first kappa shape index (κ1) is 12.8. The quantitative estimate of drug-likeness (QED) is 0.888. The molecule has 1 aliphatic heterocycles. The summed E-state index contributed by atoms with van der Waals surface area (Å²) >= 11 is 0. The Balaban J connectivity index is 2.47. The Kier molecular flexibility index (Phi) is 3.22. The molecule has 0 bridgehead atoms. The van der Waals surface area contributed by atoms with Crippen molar-refractivity contribution in [3.05, 3.63) is 35.9 Å². The van der Waals surface area contributed by atoms with E-state index in [0.717, 1.165) is 5.56 Å². The number of ether oxygens (including phenoxy) is 1. The van der Waals surface area contributed by atoms with Crippen LogP contribution >= 0.6 is 0 Å². The molecule has 1 aliphatic rings. The zero-order chi connectivity index (χ0) is 13.3. The number of hydrogen-bond donors (Lipinski definition) is 1. The molecule has 2 unspecified atom stereocenters. The fourth-order valence-corrected chi connectivity index (χ4v) is 2.50. The van der Waals surface area contributed by atoms with Gasteiger partial charge in [-0.15, -0.1) is 0 Å². The molecule has 1 aromatic rings. The highest BCUT2D eigenvalue weighted by Gasteiger charge is 2.53. The van der Waals surface area contributed by atoms with Crippen LogP contribution in [0.1, 0.15) is 25.8 Å². The largest absolute Gasteiger partial charge is 0.479 e. The molecule has 0 amide bonds. The number of benzene rings is 1. The Hall–Kier alpha value is -1.68. The number of carbonyl (C=O) groups excluding carboxylic acids is 1. The molecule has 1 heterocycles. The molecule has 0 radical (unpaired) electrons. The maximum absolute atomic E-state index is 12.3. The van der Waals surface area contributed by atoms with Crippen molar-refractivity contribution in [2.45, 2.75) is 32.0 Å². The lowest BCUT2D eigenvalue weighted by atomic mass is 9.80. The van der Waals surface area contributed by atoms with Crippen molar-refractivity contribution < 1.29 is 19.4 Å². The average Bonchev–Trinajstić information content (AvgIpc) is 2.69. The number of carboxylic acids is 1. The van der Waals surface area contributed by atoms with Gasteiger partial charge in [-0.2, -0.15) is 0 Å². The first-order valence-electron chi connectivity index (χ1n) is 5.98. The lowest BCUT2D eigenvalue weighted by Gasteiger charge is -2.32. The molecular formula is C14H16O4. The predicted octanol–water partition coefficient (Wildman–Crippen LogP) is 1.98. The van der Waals surface area contributed by atoms with Gasteiger partial charge >= 0.3 is 5.97 Å². The molecule has 2 atom stereocenters. The van der Waals surface area contributed by atoms with E-state index in [9.17, 15) is 9.59 Å². The topological polar surface area (TPSA) is 63.6 Å². The molecule has 18 heavy (non-hydrogen) atoms. The Morgan fingerprint density at radius 2 is 2.00 bits per heavy atom. The van der Waals surface area contributed by atoms with Gasteiger partial charge in [-0.1, -0.05) is 44.2 Å². The maximum Gasteiger partial charge on any atom is 0.333 e. The van der Waals surface area contributed by atoms with Crippen molar-refractivity contribution >= 4 is 11.8 Å². The van der Waals surface area contributed by atoms with Crippen LogP contribution < -0.4 is 0 Å². The molecule has 0 spiro atoms.